The first-order chi connectivity index (χ1) is 11.0. The third-order valence-corrected chi connectivity index (χ3v) is 4.10. The SMILES string of the molecule is CC(C)CCNC(N)=NCc1ccnc(N2CCN(C)CC2)c1. The predicted octanol–water partition coefficient (Wildman–Crippen LogP) is 1.28. The van der Waals surface area contributed by atoms with E-state index in [0.29, 0.717) is 18.4 Å². The number of nitrogens with zero attached hydrogens (tertiary/aromatic N) is 4. The van der Waals surface area contributed by atoms with E-state index in [0.717, 1.165) is 50.5 Å². The van der Waals surface area contributed by atoms with Crippen molar-refractivity contribution in [2.75, 3.05) is 44.7 Å². The normalized spacial score (nSPS) is 16.9. The van der Waals surface area contributed by atoms with Crippen molar-refractivity contribution in [2.45, 2.75) is 26.8 Å². The van der Waals surface area contributed by atoms with E-state index in [2.05, 4.69) is 52.1 Å². The first-order valence-electron chi connectivity index (χ1n) is 8.47. The second kappa shape index (κ2) is 8.72. The fourth-order valence-electron chi connectivity index (χ4n) is 2.49. The van der Waals surface area contributed by atoms with Crippen molar-refractivity contribution in [3.05, 3.63) is 23.9 Å². The number of pyridine rings is 1. The number of nitrogens with two attached hydrogens (primary N) is 1. The lowest BCUT2D eigenvalue weighted by Crippen LogP contribution is -2.44. The monoisotopic (exact) mass is 318 g/mol. The molecule has 0 saturated carbocycles. The molecular formula is C17H30N6. The minimum atomic E-state index is 0.517. The highest BCUT2D eigenvalue weighted by molar-refractivity contribution is 5.77. The smallest absolute Gasteiger partial charge is 0.188 e. The van der Waals surface area contributed by atoms with Crippen LogP contribution in [-0.4, -0.2) is 55.6 Å². The standard InChI is InChI=1S/C17H30N6/c1-14(2)4-6-20-17(18)21-13-15-5-7-19-16(12-15)23-10-8-22(3)9-11-23/h5,7,12,14H,4,6,8-11,13H2,1-3H3,(H3,18,20,21). The van der Waals surface area contributed by atoms with Gasteiger partial charge in [0.2, 0.25) is 0 Å². The number of hydrogen-bond donors (Lipinski definition) is 2. The molecule has 0 unspecified atom stereocenters. The van der Waals surface area contributed by atoms with Gasteiger partial charge in [-0.05, 0) is 37.1 Å². The summed E-state index contributed by atoms with van der Waals surface area (Å²) in [5, 5.41) is 3.16. The van der Waals surface area contributed by atoms with E-state index in [1.54, 1.807) is 0 Å². The first-order valence-corrected chi connectivity index (χ1v) is 8.47. The molecule has 0 bridgehead atoms. The number of rotatable bonds is 6. The number of guanidine groups is 1. The van der Waals surface area contributed by atoms with Crippen LogP contribution in [0.25, 0.3) is 0 Å². The molecule has 2 rings (SSSR count). The molecule has 6 heteroatoms. The fraction of sp³-hybridized carbons (Fsp3) is 0.647. The third-order valence-electron chi connectivity index (χ3n) is 4.10. The van der Waals surface area contributed by atoms with Gasteiger partial charge in [-0.3, -0.25) is 0 Å². The highest BCUT2D eigenvalue weighted by atomic mass is 15.3. The van der Waals surface area contributed by atoms with Crippen LogP contribution in [-0.2, 0) is 6.54 Å². The number of nitrogens with one attached hydrogen (secondary N) is 1. The molecule has 1 fully saturated rings. The summed E-state index contributed by atoms with van der Waals surface area (Å²) in [5.74, 6) is 2.22. The second-order valence-electron chi connectivity index (χ2n) is 6.62. The van der Waals surface area contributed by atoms with E-state index in [9.17, 15) is 0 Å². The lowest BCUT2D eigenvalue weighted by atomic mass is 10.1. The van der Waals surface area contributed by atoms with Crippen molar-refractivity contribution in [3.8, 4) is 0 Å². The number of hydrogen-bond acceptors (Lipinski definition) is 4. The zero-order chi connectivity index (χ0) is 16.7. The highest BCUT2D eigenvalue weighted by Crippen LogP contribution is 2.15. The molecule has 1 saturated heterocycles. The second-order valence-corrected chi connectivity index (χ2v) is 6.62. The molecule has 128 valence electrons. The maximum Gasteiger partial charge on any atom is 0.188 e. The Kier molecular flexibility index (Phi) is 6.65. The summed E-state index contributed by atoms with van der Waals surface area (Å²) >= 11 is 0. The summed E-state index contributed by atoms with van der Waals surface area (Å²) in [6.45, 7) is 10.1. The van der Waals surface area contributed by atoms with Crippen LogP contribution in [0.5, 0.6) is 0 Å². The van der Waals surface area contributed by atoms with Gasteiger partial charge in [0.1, 0.15) is 5.82 Å². The van der Waals surface area contributed by atoms with Gasteiger partial charge in [0.15, 0.2) is 5.96 Å². The van der Waals surface area contributed by atoms with Crippen LogP contribution >= 0.6 is 0 Å². The molecule has 0 amide bonds. The Labute approximate surface area is 139 Å². The number of aliphatic imine (C=N–C) groups is 1. The molecule has 0 radical (unpaired) electrons. The van der Waals surface area contributed by atoms with Crippen LogP contribution in [0.1, 0.15) is 25.8 Å². The quantitative estimate of drug-likeness (QED) is 0.611. The highest BCUT2D eigenvalue weighted by Gasteiger charge is 2.15. The Hall–Kier alpha value is -1.82. The molecule has 23 heavy (non-hydrogen) atoms. The van der Waals surface area contributed by atoms with Crippen molar-refractivity contribution in [1.29, 1.82) is 0 Å². The van der Waals surface area contributed by atoms with Crippen molar-refractivity contribution in [1.82, 2.24) is 15.2 Å². The number of anilines is 1. The zero-order valence-corrected chi connectivity index (χ0v) is 14.6. The molecule has 1 aliphatic heterocycles. The molecule has 3 N–H and O–H groups in total. The molecule has 0 spiro atoms. The lowest BCUT2D eigenvalue weighted by molar-refractivity contribution is 0.312. The predicted molar refractivity (Wildman–Crippen MR) is 96.7 cm³/mol. The summed E-state index contributed by atoms with van der Waals surface area (Å²) < 4.78 is 0. The Morgan fingerprint density at radius 2 is 2.09 bits per heavy atom. The number of piperazine rings is 1. The summed E-state index contributed by atoms with van der Waals surface area (Å²) in [7, 11) is 2.16. The van der Waals surface area contributed by atoms with Crippen molar-refractivity contribution < 1.29 is 0 Å². The van der Waals surface area contributed by atoms with Gasteiger partial charge in [-0.25, -0.2) is 9.98 Å². The largest absolute Gasteiger partial charge is 0.370 e. The van der Waals surface area contributed by atoms with Gasteiger partial charge in [0.05, 0.1) is 6.54 Å². The fourth-order valence-corrected chi connectivity index (χ4v) is 2.49. The van der Waals surface area contributed by atoms with E-state index in [1.165, 1.54) is 0 Å². The molecule has 1 aliphatic rings. The maximum atomic E-state index is 5.91. The summed E-state index contributed by atoms with van der Waals surface area (Å²) in [6, 6.07) is 4.13. The minimum absolute atomic E-state index is 0.517. The topological polar surface area (TPSA) is 69.8 Å². The molecule has 2 heterocycles. The number of aromatic nitrogens is 1. The molecule has 0 aliphatic carbocycles. The van der Waals surface area contributed by atoms with E-state index >= 15 is 0 Å². The summed E-state index contributed by atoms with van der Waals surface area (Å²) in [4.78, 5) is 13.6. The molecule has 1 aromatic heterocycles. The Morgan fingerprint density at radius 1 is 1.35 bits per heavy atom. The number of likely N-dealkylation sites (N-methyl/N-ethyl adjacent to an activating group) is 1. The average molecular weight is 318 g/mol. The lowest BCUT2D eigenvalue weighted by Gasteiger charge is -2.33. The molecule has 0 aromatic carbocycles. The van der Waals surface area contributed by atoms with Gasteiger partial charge in [0, 0.05) is 38.9 Å². The molecule has 6 nitrogen and oxygen atoms in total. The summed E-state index contributed by atoms with van der Waals surface area (Å²) in [5.41, 5.74) is 7.05. The molecular weight excluding hydrogens is 288 g/mol. The van der Waals surface area contributed by atoms with Crippen LogP contribution in [0.3, 0.4) is 0 Å². The van der Waals surface area contributed by atoms with E-state index in [1.807, 2.05) is 12.3 Å². The minimum Gasteiger partial charge on any atom is -0.370 e. The third kappa shape index (κ3) is 6.06. The molecule has 0 atom stereocenters. The first kappa shape index (κ1) is 17.5. The van der Waals surface area contributed by atoms with Gasteiger partial charge in [-0.1, -0.05) is 13.8 Å². The maximum absolute atomic E-state index is 5.91. The molecule has 1 aromatic rings. The van der Waals surface area contributed by atoms with Crippen LogP contribution in [0.4, 0.5) is 5.82 Å². The Balaban J connectivity index is 1.87. The van der Waals surface area contributed by atoms with Gasteiger partial charge < -0.3 is 20.9 Å². The van der Waals surface area contributed by atoms with E-state index in [-0.39, 0.29) is 0 Å². The van der Waals surface area contributed by atoms with Crippen molar-refractivity contribution >= 4 is 11.8 Å². The zero-order valence-electron chi connectivity index (χ0n) is 14.6. The van der Waals surface area contributed by atoms with Gasteiger partial charge >= 0.3 is 0 Å². The van der Waals surface area contributed by atoms with Crippen LogP contribution < -0.4 is 16.0 Å². The van der Waals surface area contributed by atoms with Crippen LogP contribution in [0, 0.1) is 5.92 Å². The average Bonchev–Trinajstić information content (AvgIpc) is 2.53. The van der Waals surface area contributed by atoms with Gasteiger partial charge in [-0.15, -0.1) is 0 Å². The van der Waals surface area contributed by atoms with Crippen molar-refractivity contribution in [3.63, 3.8) is 0 Å². The summed E-state index contributed by atoms with van der Waals surface area (Å²) in [6.07, 6.45) is 2.96. The van der Waals surface area contributed by atoms with Crippen molar-refractivity contribution in [2.24, 2.45) is 16.6 Å². The van der Waals surface area contributed by atoms with E-state index < -0.39 is 0 Å². The Bertz CT molecular complexity index is 506. The van der Waals surface area contributed by atoms with Gasteiger partial charge in [-0.2, -0.15) is 0 Å². The van der Waals surface area contributed by atoms with Crippen LogP contribution in [0.15, 0.2) is 23.3 Å². The Morgan fingerprint density at radius 3 is 2.78 bits per heavy atom. The van der Waals surface area contributed by atoms with Crippen LogP contribution in [0.2, 0.25) is 0 Å². The van der Waals surface area contributed by atoms with E-state index in [4.69, 9.17) is 5.73 Å². The van der Waals surface area contributed by atoms with Gasteiger partial charge in [0.25, 0.3) is 0 Å².